The normalized spacial score (nSPS) is 59.6. The minimum atomic E-state index is -1.09. The number of aliphatic hydroxyl groups is 3. The SMILES string of the molecule is C[C@@]12CCCCC1C1C[C@@H](O)[C@@]3(O)C[C@@H](O)CC[C@]3(C)C1CC2. The Bertz CT molecular complexity index is 480. The van der Waals surface area contributed by atoms with Gasteiger partial charge in [-0.15, -0.1) is 0 Å². The summed E-state index contributed by atoms with van der Waals surface area (Å²) in [5, 5.41) is 32.4. The molecule has 4 aliphatic rings. The Kier molecular flexibility index (Phi) is 3.69. The van der Waals surface area contributed by atoms with E-state index in [-0.39, 0.29) is 5.41 Å². The predicted molar refractivity (Wildman–Crippen MR) is 89.8 cm³/mol. The van der Waals surface area contributed by atoms with E-state index >= 15 is 0 Å². The van der Waals surface area contributed by atoms with Crippen LogP contribution in [-0.2, 0) is 0 Å². The van der Waals surface area contributed by atoms with Gasteiger partial charge < -0.3 is 15.3 Å². The summed E-state index contributed by atoms with van der Waals surface area (Å²) in [7, 11) is 0. The monoisotopic (exact) mass is 322 g/mol. The van der Waals surface area contributed by atoms with E-state index < -0.39 is 17.8 Å². The van der Waals surface area contributed by atoms with Crippen LogP contribution >= 0.6 is 0 Å². The second kappa shape index (κ2) is 5.19. The second-order valence-electron chi connectivity index (χ2n) is 9.81. The molecule has 4 rings (SSSR count). The molecule has 8 atom stereocenters. The lowest BCUT2D eigenvalue weighted by molar-refractivity contribution is -0.267. The largest absolute Gasteiger partial charge is 0.393 e. The summed E-state index contributed by atoms with van der Waals surface area (Å²) < 4.78 is 0. The molecule has 4 saturated carbocycles. The lowest BCUT2D eigenvalue weighted by atomic mass is 9.41. The number of rotatable bonds is 0. The van der Waals surface area contributed by atoms with Crippen LogP contribution in [0.1, 0.15) is 78.1 Å². The molecular formula is C20H34O3. The lowest BCUT2D eigenvalue weighted by Crippen LogP contribution is -2.68. The van der Waals surface area contributed by atoms with E-state index in [0.717, 1.165) is 25.2 Å². The van der Waals surface area contributed by atoms with Crippen LogP contribution in [0.4, 0.5) is 0 Å². The zero-order valence-electron chi connectivity index (χ0n) is 14.8. The first kappa shape index (κ1) is 16.4. The van der Waals surface area contributed by atoms with Crippen LogP contribution in [0.15, 0.2) is 0 Å². The third-order valence-electron chi connectivity index (χ3n) is 8.87. The van der Waals surface area contributed by atoms with Crippen molar-refractivity contribution in [2.24, 2.45) is 28.6 Å². The van der Waals surface area contributed by atoms with Gasteiger partial charge in [-0.2, -0.15) is 0 Å². The molecule has 0 aromatic heterocycles. The van der Waals surface area contributed by atoms with Crippen LogP contribution in [-0.4, -0.2) is 33.1 Å². The third-order valence-corrected chi connectivity index (χ3v) is 8.87. The summed E-state index contributed by atoms with van der Waals surface area (Å²) in [5.74, 6) is 1.79. The molecule has 0 aromatic carbocycles. The number of fused-ring (bicyclic) bond motifs is 5. The standard InChI is InChI=1S/C20H34O3/c1-18-8-4-3-5-15(18)14-11-17(22)20(23)12-13(21)6-10-19(20,2)16(14)7-9-18/h13-17,21-23H,3-12H2,1-2H3/t13-,14?,15?,16?,17+,18-,19+,20-/m0/s1. The molecule has 0 saturated heterocycles. The highest BCUT2D eigenvalue weighted by Gasteiger charge is 2.65. The van der Waals surface area contributed by atoms with Gasteiger partial charge in [0.15, 0.2) is 0 Å². The summed E-state index contributed by atoms with van der Waals surface area (Å²) in [6.07, 6.45) is 9.42. The Morgan fingerprint density at radius 1 is 0.870 bits per heavy atom. The van der Waals surface area contributed by atoms with E-state index in [4.69, 9.17) is 0 Å². The van der Waals surface area contributed by atoms with E-state index in [1.807, 2.05) is 0 Å². The van der Waals surface area contributed by atoms with E-state index in [1.54, 1.807) is 0 Å². The zero-order valence-corrected chi connectivity index (χ0v) is 14.8. The Morgan fingerprint density at radius 3 is 2.43 bits per heavy atom. The Balaban J connectivity index is 1.70. The molecule has 3 N–H and O–H groups in total. The summed E-state index contributed by atoms with van der Waals surface area (Å²) in [5.41, 5.74) is -0.860. The van der Waals surface area contributed by atoms with E-state index in [2.05, 4.69) is 13.8 Å². The fourth-order valence-corrected chi connectivity index (χ4v) is 7.42. The van der Waals surface area contributed by atoms with Gasteiger partial charge >= 0.3 is 0 Å². The highest BCUT2D eigenvalue weighted by molar-refractivity contribution is 5.15. The van der Waals surface area contributed by atoms with Crippen molar-refractivity contribution in [3.05, 3.63) is 0 Å². The van der Waals surface area contributed by atoms with Crippen molar-refractivity contribution in [2.45, 2.75) is 95.9 Å². The van der Waals surface area contributed by atoms with Crippen LogP contribution in [0.2, 0.25) is 0 Å². The fraction of sp³-hybridized carbons (Fsp3) is 1.00. The topological polar surface area (TPSA) is 60.7 Å². The maximum atomic E-state index is 11.4. The molecular weight excluding hydrogens is 288 g/mol. The molecule has 0 bridgehead atoms. The predicted octanol–water partition coefficient (Wildman–Crippen LogP) is 3.26. The molecule has 3 nitrogen and oxygen atoms in total. The van der Waals surface area contributed by atoms with Gasteiger partial charge in [0.1, 0.15) is 0 Å². The maximum Gasteiger partial charge on any atom is 0.0985 e. The molecule has 0 radical (unpaired) electrons. The quantitative estimate of drug-likeness (QED) is 0.641. The number of aliphatic hydroxyl groups excluding tert-OH is 2. The lowest BCUT2D eigenvalue weighted by Gasteiger charge is -2.66. The van der Waals surface area contributed by atoms with E-state index in [9.17, 15) is 15.3 Å². The van der Waals surface area contributed by atoms with Crippen molar-refractivity contribution in [2.75, 3.05) is 0 Å². The van der Waals surface area contributed by atoms with Gasteiger partial charge in [0.05, 0.1) is 17.8 Å². The summed E-state index contributed by atoms with van der Waals surface area (Å²) in [4.78, 5) is 0. The van der Waals surface area contributed by atoms with E-state index in [0.29, 0.717) is 23.7 Å². The molecule has 0 aromatic rings. The number of hydrogen-bond acceptors (Lipinski definition) is 3. The van der Waals surface area contributed by atoms with E-state index in [1.165, 1.54) is 38.5 Å². The molecule has 4 fully saturated rings. The molecule has 3 unspecified atom stereocenters. The molecule has 0 aliphatic heterocycles. The third kappa shape index (κ3) is 2.12. The Morgan fingerprint density at radius 2 is 1.65 bits per heavy atom. The van der Waals surface area contributed by atoms with Crippen molar-refractivity contribution in [3.63, 3.8) is 0 Å². The molecule has 23 heavy (non-hydrogen) atoms. The van der Waals surface area contributed by atoms with Gasteiger partial charge in [-0.1, -0.05) is 26.7 Å². The molecule has 4 aliphatic carbocycles. The van der Waals surface area contributed by atoms with Crippen LogP contribution in [0, 0.1) is 28.6 Å². The minimum absolute atomic E-state index is 0.229. The fourth-order valence-electron chi connectivity index (χ4n) is 7.42. The van der Waals surface area contributed by atoms with Crippen LogP contribution in [0.3, 0.4) is 0 Å². The van der Waals surface area contributed by atoms with Crippen molar-refractivity contribution < 1.29 is 15.3 Å². The maximum absolute atomic E-state index is 11.4. The zero-order chi connectivity index (χ0) is 16.5. The Hall–Kier alpha value is -0.120. The smallest absolute Gasteiger partial charge is 0.0985 e. The highest BCUT2D eigenvalue weighted by atomic mass is 16.3. The van der Waals surface area contributed by atoms with Crippen molar-refractivity contribution in [1.29, 1.82) is 0 Å². The summed E-state index contributed by atoms with van der Waals surface area (Å²) in [6.45, 7) is 4.69. The molecule has 0 spiro atoms. The first-order valence-corrected chi connectivity index (χ1v) is 9.89. The van der Waals surface area contributed by atoms with Crippen molar-refractivity contribution in [1.82, 2.24) is 0 Å². The van der Waals surface area contributed by atoms with Gasteiger partial charge in [-0.3, -0.25) is 0 Å². The Labute approximate surface area is 140 Å². The van der Waals surface area contributed by atoms with Crippen molar-refractivity contribution >= 4 is 0 Å². The van der Waals surface area contributed by atoms with Gasteiger partial charge in [0, 0.05) is 11.8 Å². The molecule has 0 amide bonds. The molecule has 132 valence electrons. The molecule has 0 heterocycles. The van der Waals surface area contributed by atoms with Gasteiger partial charge in [-0.05, 0) is 68.1 Å². The van der Waals surface area contributed by atoms with Gasteiger partial charge in [0.2, 0.25) is 0 Å². The van der Waals surface area contributed by atoms with Crippen molar-refractivity contribution in [3.8, 4) is 0 Å². The average molecular weight is 322 g/mol. The molecule has 3 heteroatoms. The average Bonchev–Trinajstić information content (AvgIpc) is 2.50. The minimum Gasteiger partial charge on any atom is -0.393 e. The summed E-state index contributed by atoms with van der Waals surface area (Å²) >= 11 is 0. The first-order chi connectivity index (χ1) is 10.8. The highest BCUT2D eigenvalue weighted by Crippen LogP contribution is 2.66. The first-order valence-electron chi connectivity index (χ1n) is 9.89. The van der Waals surface area contributed by atoms with Gasteiger partial charge in [0.25, 0.3) is 0 Å². The number of hydrogen-bond donors (Lipinski definition) is 3. The van der Waals surface area contributed by atoms with Crippen LogP contribution in [0.25, 0.3) is 0 Å². The summed E-state index contributed by atoms with van der Waals surface area (Å²) in [6, 6.07) is 0. The van der Waals surface area contributed by atoms with Gasteiger partial charge in [-0.25, -0.2) is 0 Å². The second-order valence-corrected chi connectivity index (χ2v) is 9.81. The van der Waals surface area contributed by atoms with Crippen LogP contribution < -0.4 is 0 Å². The van der Waals surface area contributed by atoms with Crippen LogP contribution in [0.5, 0.6) is 0 Å².